The molecule has 0 aromatic heterocycles. The number of nitriles is 1. The summed E-state index contributed by atoms with van der Waals surface area (Å²) in [6, 6.07) is 2.63. The Morgan fingerprint density at radius 2 is 2.38 bits per heavy atom. The first-order chi connectivity index (χ1) is 7.74. The third-order valence-corrected chi connectivity index (χ3v) is 4.77. The van der Waals surface area contributed by atoms with Gasteiger partial charge < -0.3 is 4.90 Å². The van der Waals surface area contributed by atoms with Crippen molar-refractivity contribution in [3.8, 4) is 6.07 Å². The van der Waals surface area contributed by atoms with Crippen LogP contribution >= 0.6 is 11.8 Å². The molecule has 88 valence electrons. The highest BCUT2D eigenvalue weighted by molar-refractivity contribution is 7.99. The average Bonchev–Trinajstić information content (AvgIpc) is 2.85. The van der Waals surface area contributed by atoms with Crippen molar-refractivity contribution in [3.05, 3.63) is 0 Å². The van der Waals surface area contributed by atoms with Gasteiger partial charge in [0.25, 0.3) is 0 Å². The number of nitrogens with zero attached hydrogens (tertiary/aromatic N) is 2. The molecule has 1 heterocycles. The molecule has 1 saturated heterocycles. The summed E-state index contributed by atoms with van der Waals surface area (Å²) in [7, 11) is 0. The van der Waals surface area contributed by atoms with Crippen molar-refractivity contribution in [2.24, 2.45) is 5.92 Å². The zero-order chi connectivity index (χ0) is 11.5. The number of carbonyl (C=O) groups is 1. The largest absolute Gasteiger partial charge is 0.338 e. The van der Waals surface area contributed by atoms with E-state index >= 15 is 0 Å². The van der Waals surface area contributed by atoms with Gasteiger partial charge in [0.15, 0.2) is 0 Å². The molecular weight excluding hydrogens is 220 g/mol. The maximum atomic E-state index is 11.8. The van der Waals surface area contributed by atoms with Gasteiger partial charge in [-0.25, -0.2) is 0 Å². The van der Waals surface area contributed by atoms with Crippen LogP contribution in [0.1, 0.15) is 32.6 Å². The van der Waals surface area contributed by atoms with Gasteiger partial charge in [-0.3, -0.25) is 4.79 Å². The molecule has 3 unspecified atom stereocenters. The van der Waals surface area contributed by atoms with E-state index in [9.17, 15) is 4.79 Å². The van der Waals surface area contributed by atoms with E-state index in [2.05, 4.69) is 13.0 Å². The first kappa shape index (κ1) is 11.8. The molecule has 16 heavy (non-hydrogen) atoms. The molecule has 2 rings (SSSR count). The maximum absolute atomic E-state index is 11.8. The van der Waals surface area contributed by atoms with E-state index in [0.29, 0.717) is 19.0 Å². The molecule has 0 spiro atoms. The lowest BCUT2D eigenvalue weighted by Crippen LogP contribution is -2.35. The molecule has 0 aromatic rings. The Kier molecular flexibility index (Phi) is 3.75. The van der Waals surface area contributed by atoms with Crippen LogP contribution in [-0.4, -0.2) is 34.4 Å². The summed E-state index contributed by atoms with van der Waals surface area (Å²) < 4.78 is 0. The van der Waals surface area contributed by atoms with Gasteiger partial charge in [-0.05, 0) is 25.0 Å². The van der Waals surface area contributed by atoms with Gasteiger partial charge in [0.05, 0.1) is 12.0 Å². The van der Waals surface area contributed by atoms with E-state index in [0.717, 1.165) is 23.8 Å². The summed E-state index contributed by atoms with van der Waals surface area (Å²) in [5, 5.41) is 9.57. The standard InChI is InChI=1S/C12H18N2OS/c1-2-16-11-4-3-10(6-11)14-8-9(7-13)5-12(14)15/h9-11H,2-6,8H2,1H3. The predicted octanol–water partition coefficient (Wildman–Crippen LogP) is 2.03. The molecule has 0 aromatic carbocycles. The second kappa shape index (κ2) is 5.09. The predicted molar refractivity (Wildman–Crippen MR) is 65.0 cm³/mol. The number of carbonyl (C=O) groups excluding carboxylic acids is 1. The minimum atomic E-state index is -0.0645. The van der Waals surface area contributed by atoms with Gasteiger partial charge in [-0.2, -0.15) is 17.0 Å². The normalized spacial score (nSPS) is 34.4. The number of hydrogen-bond donors (Lipinski definition) is 0. The Labute approximate surface area is 101 Å². The molecule has 3 nitrogen and oxygen atoms in total. The molecule has 1 aliphatic carbocycles. The smallest absolute Gasteiger partial charge is 0.224 e. The second-order valence-electron chi connectivity index (χ2n) is 4.62. The number of amides is 1. The summed E-state index contributed by atoms with van der Waals surface area (Å²) in [6.45, 7) is 2.86. The molecule has 4 heteroatoms. The Hall–Kier alpha value is -0.690. The van der Waals surface area contributed by atoms with Crippen LogP contribution in [0.2, 0.25) is 0 Å². The number of rotatable bonds is 3. The Bertz CT molecular complexity index is 313. The summed E-state index contributed by atoms with van der Waals surface area (Å²) in [4.78, 5) is 13.7. The highest BCUT2D eigenvalue weighted by Gasteiger charge is 2.37. The fraction of sp³-hybridized carbons (Fsp3) is 0.833. The van der Waals surface area contributed by atoms with Crippen molar-refractivity contribution in [3.63, 3.8) is 0 Å². The Balaban J connectivity index is 1.90. The molecule has 2 aliphatic rings. The second-order valence-corrected chi connectivity index (χ2v) is 6.20. The fourth-order valence-corrected chi connectivity index (χ4v) is 3.89. The molecular formula is C12H18N2OS. The van der Waals surface area contributed by atoms with E-state index in [1.54, 1.807) is 0 Å². The molecule has 1 aliphatic heterocycles. The Morgan fingerprint density at radius 3 is 3.00 bits per heavy atom. The van der Waals surface area contributed by atoms with Gasteiger partial charge in [-0.1, -0.05) is 6.92 Å². The van der Waals surface area contributed by atoms with Crippen molar-refractivity contribution < 1.29 is 4.79 Å². The summed E-state index contributed by atoms with van der Waals surface area (Å²) in [5.41, 5.74) is 0. The number of likely N-dealkylation sites (tertiary alicyclic amines) is 1. The zero-order valence-electron chi connectivity index (χ0n) is 9.69. The Morgan fingerprint density at radius 1 is 1.56 bits per heavy atom. The molecule has 2 fully saturated rings. The van der Waals surface area contributed by atoms with E-state index in [-0.39, 0.29) is 11.8 Å². The first-order valence-corrected chi connectivity index (χ1v) is 7.10. The van der Waals surface area contributed by atoms with Crippen LogP contribution in [-0.2, 0) is 4.79 Å². The molecule has 0 radical (unpaired) electrons. The van der Waals surface area contributed by atoms with E-state index in [4.69, 9.17) is 5.26 Å². The lowest BCUT2D eigenvalue weighted by molar-refractivity contribution is -0.129. The van der Waals surface area contributed by atoms with Crippen LogP contribution in [0.15, 0.2) is 0 Å². The average molecular weight is 238 g/mol. The van der Waals surface area contributed by atoms with E-state index in [1.165, 1.54) is 6.42 Å². The highest BCUT2D eigenvalue weighted by Crippen LogP contribution is 2.35. The van der Waals surface area contributed by atoms with Crippen LogP contribution < -0.4 is 0 Å². The number of thioether (sulfide) groups is 1. The number of hydrogen-bond acceptors (Lipinski definition) is 3. The third-order valence-electron chi connectivity index (χ3n) is 3.54. The molecule has 3 atom stereocenters. The van der Waals surface area contributed by atoms with Crippen molar-refractivity contribution in [2.45, 2.75) is 43.9 Å². The van der Waals surface area contributed by atoms with Gasteiger partial charge in [0.2, 0.25) is 5.91 Å². The summed E-state index contributed by atoms with van der Waals surface area (Å²) >= 11 is 2.01. The topological polar surface area (TPSA) is 44.1 Å². The van der Waals surface area contributed by atoms with E-state index in [1.807, 2.05) is 16.7 Å². The van der Waals surface area contributed by atoms with Gasteiger partial charge in [0, 0.05) is 24.3 Å². The molecule has 0 N–H and O–H groups in total. The van der Waals surface area contributed by atoms with Crippen molar-refractivity contribution in [1.82, 2.24) is 4.90 Å². The minimum Gasteiger partial charge on any atom is -0.338 e. The molecule has 1 saturated carbocycles. The maximum Gasteiger partial charge on any atom is 0.224 e. The van der Waals surface area contributed by atoms with Crippen molar-refractivity contribution in [2.75, 3.05) is 12.3 Å². The summed E-state index contributed by atoms with van der Waals surface area (Å²) in [6.07, 6.45) is 3.92. The SMILES string of the molecule is CCSC1CCC(N2CC(C#N)CC2=O)C1. The van der Waals surface area contributed by atoms with Crippen LogP contribution in [0.3, 0.4) is 0 Å². The highest BCUT2D eigenvalue weighted by atomic mass is 32.2. The summed E-state index contributed by atoms with van der Waals surface area (Å²) in [5.74, 6) is 1.29. The molecule has 0 bridgehead atoms. The van der Waals surface area contributed by atoms with Crippen LogP contribution in [0.25, 0.3) is 0 Å². The van der Waals surface area contributed by atoms with Crippen LogP contribution in [0.4, 0.5) is 0 Å². The fourth-order valence-electron chi connectivity index (χ4n) is 2.76. The van der Waals surface area contributed by atoms with Gasteiger partial charge in [0.1, 0.15) is 0 Å². The van der Waals surface area contributed by atoms with Gasteiger partial charge in [-0.15, -0.1) is 0 Å². The lowest BCUT2D eigenvalue weighted by Gasteiger charge is -2.23. The third kappa shape index (κ3) is 2.35. The van der Waals surface area contributed by atoms with Crippen molar-refractivity contribution in [1.29, 1.82) is 5.26 Å². The van der Waals surface area contributed by atoms with Crippen LogP contribution in [0, 0.1) is 17.2 Å². The van der Waals surface area contributed by atoms with Gasteiger partial charge >= 0.3 is 0 Å². The van der Waals surface area contributed by atoms with E-state index < -0.39 is 0 Å². The van der Waals surface area contributed by atoms with Crippen LogP contribution in [0.5, 0.6) is 0 Å². The monoisotopic (exact) mass is 238 g/mol. The lowest BCUT2D eigenvalue weighted by atomic mass is 10.1. The first-order valence-electron chi connectivity index (χ1n) is 6.05. The zero-order valence-corrected chi connectivity index (χ0v) is 10.5. The molecule has 1 amide bonds. The van der Waals surface area contributed by atoms with Crippen molar-refractivity contribution >= 4 is 17.7 Å². The minimum absolute atomic E-state index is 0.0645. The quantitative estimate of drug-likeness (QED) is 0.755.